The maximum absolute atomic E-state index is 5.65. The summed E-state index contributed by atoms with van der Waals surface area (Å²) in [6.45, 7) is 3.43. The summed E-state index contributed by atoms with van der Waals surface area (Å²) in [6.07, 6.45) is 7.79. The Kier molecular flexibility index (Phi) is 10.4. The predicted molar refractivity (Wildman–Crippen MR) is 96.6 cm³/mol. The van der Waals surface area contributed by atoms with E-state index in [4.69, 9.17) is 9.47 Å². The predicted octanol–water partition coefficient (Wildman–Crippen LogP) is 6.27. The topological polar surface area (TPSA) is 18.5 Å². The van der Waals surface area contributed by atoms with Gasteiger partial charge in [-0.25, -0.2) is 0 Å². The molecule has 0 bridgehead atoms. The Morgan fingerprint density at radius 2 is 1.86 bits per heavy atom. The van der Waals surface area contributed by atoms with Gasteiger partial charge in [0.15, 0.2) is 0 Å². The van der Waals surface area contributed by atoms with Crippen LogP contribution >= 0.6 is 31.9 Å². The molecule has 0 aliphatic rings. The minimum atomic E-state index is 0.420. The molecule has 1 rings (SSSR count). The van der Waals surface area contributed by atoms with Crippen LogP contribution < -0.4 is 4.74 Å². The summed E-state index contributed by atoms with van der Waals surface area (Å²) in [5.74, 6) is 0.874. The number of rotatable bonds is 11. The zero-order chi connectivity index (χ0) is 15.5. The van der Waals surface area contributed by atoms with Crippen molar-refractivity contribution in [3.8, 4) is 5.75 Å². The normalized spacial score (nSPS) is 12.4. The van der Waals surface area contributed by atoms with Gasteiger partial charge in [-0.1, -0.05) is 61.0 Å². The molecular weight excluding hydrogens is 396 g/mol. The fourth-order valence-electron chi connectivity index (χ4n) is 2.16. The Morgan fingerprint density at radius 1 is 1.10 bits per heavy atom. The molecule has 21 heavy (non-hydrogen) atoms. The lowest BCUT2D eigenvalue weighted by Gasteiger charge is -2.13. The second kappa shape index (κ2) is 11.5. The first kappa shape index (κ1) is 19.0. The van der Waals surface area contributed by atoms with E-state index in [9.17, 15) is 0 Å². The molecule has 0 spiro atoms. The van der Waals surface area contributed by atoms with E-state index in [1.54, 1.807) is 7.11 Å². The van der Waals surface area contributed by atoms with Crippen LogP contribution in [0.15, 0.2) is 22.7 Å². The summed E-state index contributed by atoms with van der Waals surface area (Å²) in [6, 6.07) is 6.31. The molecule has 0 aliphatic heterocycles. The SMILES string of the molecule is CCCCCCCC(Br)c1ccc(OCCOC)c(Br)c1. The third-order valence-corrected chi connectivity index (χ3v) is 5.03. The second-order valence-corrected chi connectivity index (χ2v) is 7.16. The van der Waals surface area contributed by atoms with Crippen LogP contribution in [-0.4, -0.2) is 20.3 Å². The van der Waals surface area contributed by atoms with Gasteiger partial charge in [-0.2, -0.15) is 0 Å². The Labute approximate surface area is 145 Å². The molecule has 2 nitrogen and oxygen atoms in total. The van der Waals surface area contributed by atoms with E-state index in [0.717, 1.165) is 10.2 Å². The highest BCUT2D eigenvalue weighted by Gasteiger charge is 2.10. The van der Waals surface area contributed by atoms with Gasteiger partial charge < -0.3 is 9.47 Å². The summed E-state index contributed by atoms with van der Waals surface area (Å²) < 4.78 is 11.6. The van der Waals surface area contributed by atoms with Crippen LogP contribution in [0.3, 0.4) is 0 Å². The van der Waals surface area contributed by atoms with Crippen molar-refractivity contribution in [3.63, 3.8) is 0 Å². The zero-order valence-electron chi connectivity index (χ0n) is 13.0. The molecular formula is C17H26Br2O2. The molecule has 0 saturated carbocycles. The third kappa shape index (κ3) is 7.66. The van der Waals surface area contributed by atoms with E-state index in [-0.39, 0.29) is 0 Å². The van der Waals surface area contributed by atoms with Gasteiger partial charge in [0.2, 0.25) is 0 Å². The smallest absolute Gasteiger partial charge is 0.133 e. The average molecular weight is 422 g/mol. The van der Waals surface area contributed by atoms with Gasteiger partial charge in [0.1, 0.15) is 12.4 Å². The highest BCUT2D eigenvalue weighted by Crippen LogP contribution is 2.34. The van der Waals surface area contributed by atoms with Crippen LogP contribution in [0.4, 0.5) is 0 Å². The highest BCUT2D eigenvalue weighted by atomic mass is 79.9. The number of unbranched alkanes of at least 4 members (excludes halogenated alkanes) is 4. The molecule has 0 fully saturated rings. The number of ether oxygens (including phenoxy) is 2. The van der Waals surface area contributed by atoms with Gasteiger partial charge >= 0.3 is 0 Å². The van der Waals surface area contributed by atoms with E-state index < -0.39 is 0 Å². The molecule has 0 radical (unpaired) electrons. The number of hydrogen-bond acceptors (Lipinski definition) is 2. The number of hydrogen-bond donors (Lipinski definition) is 0. The zero-order valence-corrected chi connectivity index (χ0v) is 16.2. The summed E-state index contributed by atoms with van der Waals surface area (Å²) in [4.78, 5) is 0.420. The van der Waals surface area contributed by atoms with E-state index in [2.05, 4.69) is 50.9 Å². The Hall–Kier alpha value is -0.0600. The van der Waals surface area contributed by atoms with Crippen molar-refractivity contribution in [2.45, 2.75) is 50.3 Å². The fourth-order valence-corrected chi connectivity index (χ4v) is 3.28. The Bertz CT molecular complexity index is 396. The lowest BCUT2D eigenvalue weighted by molar-refractivity contribution is 0.146. The summed E-state index contributed by atoms with van der Waals surface area (Å²) >= 11 is 7.38. The van der Waals surface area contributed by atoms with Gasteiger partial charge in [0.05, 0.1) is 11.1 Å². The van der Waals surface area contributed by atoms with Crippen molar-refractivity contribution in [1.29, 1.82) is 0 Å². The quantitative estimate of drug-likeness (QED) is 0.309. The van der Waals surface area contributed by atoms with Crippen LogP contribution in [0.5, 0.6) is 5.75 Å². The highest BCUT2D eigenvalue weighted by molar-refractivity contribution is 9.10. The molecule has 1 aromatic carbocycles. The molecule has 1 atom stereocenters. The average Bonchev–Trinajstić information content (AvgIpc) is 2.48. The van der Waals surface area contributed by atoms with Crippen molar-refractivity contribution < 1.29 is 9.47 Å². The lowest BCUT2D eigenvalue weighted by atomic mass is 10.0. The molecule has 1 unspecified atom stereocenters. The fraction of sp³-hybridized carbons (Fsp3) is 0.647. The molecule has 1 aromatic rings. The maximum atomic E-state index is 5.65. The van der Waals surface area contributed by atoms with Crippen molar-refractivity contribution in [1.82, 2.24) is 0 Å². The van der Waals surface area contributed by atoms with Gasteiger partial charge in [0, 0.05) is 11.9 Å². The molecule has 4 heteroatoms. The first-order valence-corrected chi connectivity index (χ1v) is 9.45. The standard InChI is InChI=1S/C17H26Br2O2/c1-3-4-5-6-7-8-15(18)14-9-10-17(16(19)13-14)21-12-11-20-2/h9-10,13,15H,3-8,11-12H2,1-2H3. The third-order valence-electron chi connectivity index (χ3n) is 3.42. The van der Waals surface area contributed by atoms with Crippen molar-refractivity contribution >= 4 is 31.9 Å². The van der Waals surface area contributed by atoms with E-state index in [1.165, 1.54) is 44.1 Å². The van der Waals surface area contributed by atoms with Crippen LogP contribution in [0.1, 0.15) is 55.8 Å². The van der Waals surface area contributed by atoms with Crippen molar-refractivity contribution in [2.75, 3.05) is 20.3 Å². The molecule has 0 amide bonds. The van der Waals surface area contributed by atoms with Gasteiger partial charge in [-0.05, 0) is 40.0 Å². The van der Waals surface area contributed by atoms with Gasteiger partial charge in [-0.15, -0.1) is 0 Å². The van der Waals surface area contributed by atoms with Crippen molar-refractivity contribution in [3.05, 3.63) is 28.2 Å². The van der Waals surface area contributed by atoms with Crippen LogP contribution in [-0.2, 0) is 4.74 Å². The molecule has 0 saturated heterocycles. The second-order valence-electron chi connectivity index (χ2n) is 5.20. The largest absolute Gasteiger partial charge is 0.490 e. The summed E-state index contributed by atoms with van der Waals surface area (Å²) in [7, 11) is 1.68. The monoisotopic (exact) mass is 420 g/mol. The van der Waals surface area contributed by atoms with Crippen LogP contribution in [0, 0.1) is 0 Å². The first-order valence-electron chi connectivity index (χ1n) is 7.74. The minimum absolute atomic E-state index is 0.420. The van der Waals surface area contributed by atoms with E-state index in [0.29, 0.717) is 18.0 Å². The summed E-state index contributed by atoms with van der Waals surface area (Å²) in [5, 5.41) is 0. The van der Waals surface area contributed by atoms with Crippen LogP contribution in [0.2, 0.25) is 0 Å². The van der Waals surface area contributed by atoms with E-state index >= 15 is 0 Å². The Balaban J connectivity index is 2.42. The summed E-state index contributed by atoms with van der Waals surface area (Å²) in [5.41, 5.74) is 1.30. The van der Waals surface area contributed by atoms with E-state index in [1.807, 2.05) is 6.07 Å². The van der Waals surface area contributed by atoms with Gasteiger partial charge in [0.25, 0.3) is 0 Å². The number of methoxy groups -OCH3 is 1. The molecule has 0 aromatic heterocycles. The first-order chi connectivity index (χ1) is 10.2. The number of alkyl halides is 1. The lowest BCUT2D eigenvalue weighted by Crippen LogP contribution is -2.04. The van der Waals surface area contributed by atoms with Crippen molar-refractivity contribution in [2.24, 2.45) is 0 Å². The maximum Gasteiger partial charge on any atom is 0.133 e. The molecule has 0 N–H and O–H groups in total. The number of halogens is 2. The number of benzene rings is 1. The molecule has 0 heterocycles. The van der Waals surface area contributed by atoms with Gasteiger partial charge in [-0.3, -0.25) is 0 Å². The Morgan fingerprint density at radius 3 is 2.52 bits per heavy atom. The van der Waals surface area contributed by atoms with Crippen LogP contribution in [0.25, 0.3) is 0 Å². The minimum Gasteiger partial charge on any atom is -0.490 e. The molecule has 120 valence electrons. The molecule has 0 aliphatic carbocycles.